The molecule has 0 bridgehead atoms. The summed E-state index contributed by atoms with van der Waals surface area (Å²) in [5, 5.41) is 3.14. The Morgan fingerprint density at radius 2 is 1.92 bits per heavy atom. The van der Waals surface area contributed by atoms with Crippen molar-refractivity contribution in [2.45, 2.75) is 53.6 Å². The van der Waals surface area contributed by atoms with Crippen LogP contribution in [0.15, 0.2) is 18.7 Å². The van der Waals surface area contributed by atoms with Crippen LogP contribution in [0.5, 0.6) is 0 Å². The first kappa shape index (κ1) is 17.9. The van der Waals surface area contributed by atoms with E-state index in [1.54, 1.807) is 12.5 Å². The molecule has 2 aromatic heterocycles. The minimum Gasteiger partial charge on any atom is -0.368 e. The van der Waals surface area contributed by atoms with Crippen LogP contribution >= 0.6 is 0 Å². The van der Waals surface area contributed by atoms with Crippen LogP contribution in [0, 0.1) is 19.3 Å². The first-order chi connectivity index (χ1) is 11.2. The summed E-state index contributed by atoms with van der Waals surface area (Å²) < 4.78 is 1.97. The maximum Gasteiger partial charge on any atom is 0.224 e. The summed E-state index contributed by atoms with van der Waals surface area (Å²) in [6.07, 6.45) is 5.63. The predicted octanol–water partition coefficient (Wildman–Crippen LogP) is 1.65. The highest BCUT2D eigenvalue weighted by atomic mass is 16.1. The Kier molecular flexibility index (Phi) is 5.21. The standard InChI is InChI=1S/C17H26N6O/c1-11-13(12(2)21-16(18)20-11)8-15(24)22-14(17(3,4)5)9-23-7-6-19-10-23/h6-7,10,14H,8-9H2,1-5H3,(H,22,24)(H2,18,20,21). The first-order valence-electron chi connectivity index (χ1n) is 8.01. The maximum absolute atomic E-state index is 12.6. The van der Waals surface area contributed by atoms with Crippen LogP contribution in [0.1, 0.15) is 37.7 Å². The molecule has 0 aliphatic carbocycles. The molecule has 2 aromatic rings. The van der Waals surface area contributed by atoms with Gasteiger partial charge in [0.15, 0.2) is 0 Å². The molecule has 2 rings (SSSR count). The number of imidazole rings is 1. The number of hydrogen-bond acceptors (Lipinski definition) is 5. The molecule has 7 nitrogen and oxygen atoms in total. The molecule has 3 N–H and O–H groups in total. The highest BCUT2D eigenvalue weighted by Gasteiger charge is 2.27. The van der Waals surface area contributed by atoms with Crippen molar-refractivity contribution in [2.24, 2.45) is 5.41 Å². The molecule has 0 aliphatic heterocycles. The number of nitrogens with zero attached hydrogens (tertiary/aromatic N) is 4. The van der Waals surface area contributed by atoms with Gasteiger partial charge in [0.25, 0.3) is 0 Å². The molecule has 2 heterocycles. The van der Waals surface area contributed by atoms with Gasteiger partial charge in [0.2, 0.25) is 11.9 Å². The van der Waals surface area contributed by atoms with E-state index in [0.717, 1.165) is 17.0 Å². The third kappa shape index (κ3) is 4.53. The van der Waals surface area contributed by atoms with Crippen molar-refractivity contribution < 1.29 is 4.79 Å². The van der Waals surface area contributed by atoms with Gasteiger partial charge in [-0.2, -0.15) is 0 Å². The summed E-state index contributed by atoms with van der Waals surface area (Å²) >= 11 is 0. The number of hydrogen-bond donors (Lipinski definition) is 2. The van der Waals surface area contributed by atoms with Gasteiger partial charge >= 0.3 is 0 Å². The number of nitrogens with two attached hydrogens (primary N) is 1. The highest BCUT2D eigenvalue weighted by Crippen LogP contribution is 2.21. The molecule has 130 valence electrons. The van der Waals surface area contributed by atoms with E-state index in [-0.39, 0.29) is 29.7 Å². The Morgan fingerprint density at radius 3 is 2.42 bits per heavy atom. The van der Waals surface area contributed by atoms with Gasteiger partial charge in [-0.3, -0.25) is 4.79 Å². The third-order valence-electron chi connectivity index (χ3n) is 4.11. The van der Waals surface area contributed by atoms with Crippen LogP contribution in [0.4, 0.5) is 5.95 Å². The molecule has 0 aliphatic rings. The summed E-state index contributed by atoms with van der Waals surface area (Å²) in [6, 6.07) is -0.0190. The molecular weight excluding hydrogens is 304 g/mol. The van der Waals surface area contributed by atoms with Gasteiger partial charge in [-0.25, -0.2) is 15.0 Å². The number of aryl methyl sites for hydroxylation is 2. The van der Waals surface area contributed by atoms with Crippen LogP contribution in [0.3, 0.4) is 0 Å². The molecule has 1 amide bonds. The fourth-order valence-electron chi connectivity index (χ4n) is 2.57. The minimum absolute atomic E-state index is 0.0190. The van der Waals surface area contributed by atoms with E-state index in [0.29, 0.717) is 6.54 Å². The van der Waals surface area contributed by atoms with E-state index in [9.17, 15) is 4.79 Å². The number of carbonyl (C=O) groups excluding carboxylic acids is 1. The number of rotatable bonds is 5. The quantitative estimate of drug-likeness (QED) is 0.868. The van der Waals surface area contributed by atoms with Crippen molar-refractivity contribution in [2.75, 3.05) is 5.73 Å². The summed E-state index contributed by atoms with van der Waals surface area (Å²) in [7, 11) is 0. The molecule has 0 spiro atoms. The van der Waals surface area contributed by atoms with Crippen LogP contribution < -0.4 is 11.1 Å². The van der Waals surface area contributed by atoms with Crippen molar-refractivity contribution in [3.05, 3.63) is 35.7 Å². The van der Waals surface area contributed by atoms with Crippen molar-refractivity contribution in [3.63, 3.8) is 0 Å². The van der Waals surface area contributed by atoms with E-state index in [1.807, 2.05) is 24.6 Å². The van der Waals surface area contributed by atoms with Gasteiger partial charge in [0.05, 0.1) is 18.8 Å². The molecule has 1 atom stereocenters. The molecule has 0 aromatic carbocycles. The number of nitrogen functional groups attached to an aromatic ring is 1. The molecule has 0 radical (unpaired) electrons. The van der Waals surface area contributed by atoms with Gasteiger partial charge in [0, 0.05) is 35.9 Å². The van der Waals surface area contributed by atoms with Crippen molar-refractivity contribution >= 4 is 11.9 Å². The fraction of sp³-hybridized carbons (Fsp3) is 0.529. The van der Waals surface area contributed by atoms with Crippen LogP contribution in [-0.4, -0.2) is 31.5 Å². The molecule has 1 unspecified atom stereocenters. The molecule has 24 heavy (non-hydrogen) atoms. The van der Waals surface area contributed by atoms with Crippen LogP contribution in [-0.2, 0) is 17.8 Å². The summed E-state index contributed by atoms with van der Waals surface area (Å²) in [4.78, 5) is 24.9. The van der Waals surface area contributed by atoms with Gasteiger partial charge in [-0.15, -0.1) is 0 Å². The van der Waals surface area contributed by atoms with Gasteiger partial charge in [-0.1, -0.05) is 20.8 Å². The molecular formula is C17H26N6O. The zero-order chi connectivity index (χ0) is 17.9. The first-order valence-corrected chi connectivity index (χ1v) is 8.01. The highest BCUT2D eigenvalue weighted by molar-refractivity contribution is 5.79. The Hall–Kier alpha value is -2.44. The largest absolute Gasteiger partial charge is 0.368 e. The molecule has 0 saturated heterocycles. The third-order valence-corrected chi connectivity index (χ3v) is 4.11. The van der Waals surface area contributed by atoms with Gasteiger partial charge < -0.3 is 15.6 Å². The van der Waals surface area contributed by atoms with Crippen molar-refractivity contribution in [3.8, 4) is 0 Å². The van der Waals surface area contributed by atoms with E-state index in [1.165, 1.54) is 0 Å². The average Bonchev–Trinajstić information content (AvgIpc) is 2.94. The lowest BCUT2D eigenvalue weighted by atomic mass is 9.86. The minimum atomic E-state index is -0.0817. The topological polar surface area (TPSA) is 98.7 Å². The van der Waals surface area contributed by atoms with Crippen molar-refractivity contribution in [1.29, 1.82) is 0 Å². The van der Waals surface area contributed by atoms with Crippen molar-refractivity contribution in [1.82, 2.24) is 24.8 Å². The monoisotopic (exact) mass is 330 g/mol. The smallest absolute Gasteiger partial charge is 0.224 e. The lowest BCUT2D eigenvalue weighted by Crippen LogP contribution is -2.47. The number of anilines is 1. The zero-order valence-corrected chi connectivity index (χ0v) is 15.0. The molecule has 0 saturated carbocycles. The van der Waals surface area contributed by atoms with E-state index in [4.69, 9.17) is 5.73 Å². The second-order valence-corrected chi connectivity index (χ2v) is 7.15. The summed E-state index contributed by atoms with van der Waals surface area (Å²) in [6.45, 7) is 10.7. The second kappa shape index (κ2) is 6.98. The van der Waals surface area contributed by atoms with E-state index < -0.39 is 0 Å². The Morgan fingerprint density at radius 1 is 1.29 bits per heavy atom. The Labute approximate surface area is 142 Å². The van der Waals surface area contributed by atoms with E-state index in [2.05, 4.69) is 41.0 Å². The van der Waals surface area contributed by atoms with Crippen LogP contribution in [0.25, 0.3) is 0 Å². The van der Waals surface area contributed by atoms with Crippen LogP contribution in [0.2, 0.25) is 0 Å². The molecule has 7 heteroatoms. The number of nitrogens with one attached hydrogen (secondary N) is 1. The van der Waals surface area contributed by atoms with Gasteiger partial charge in [-0.05, 0) is 19.3 Å². The number of amides is 1. The lowest BCUT2D eigenvalue weighted by molar-refractivity contribution is -0.122. The SMILES string of the molecule is Cc1nc(N)nc(C)c1CC(=O)NC(Cn1ccnc1)C(C)(C)C. The summed E-state index contributed by atoms with van der Waals surface area (Å²) in [5.41, 5.74) is 7.88. The predicted molar refractivity (Wildman–Crippen MR) is 93.2 cm³/mol. The number of carbonyl (C=O) groups is 1. The number of aromatic nitrogens is 4. The lowest BCUT2D eigenvalue weighted by Gasteiger charge is -2.32. The van der Waals surface area contributed by atoms with E-state index >= 15 is 0 Å². The van der Waals surface area contributed by atoms with Gasteiger partial charge in [0.1, 0.15) is 0 Å². The average molecular weight is 330 g/mol. The molecule has 0 fully saturated rings. The fourth-order valence-corrected chi connectivity index (χ4v) is 2.57. The Bertz CT molecular complexity index is 679. The normalized spacial score (nSPS) is 12.9. The maximum atomic E-state index is 12.6. The zero-order valence-electron chi connectivity index (χ0n) is 15.0. The summed E-state index contributed by atoms with van der Waals surface area (Å²) in [5.74, 6) is 0.191. The Balaban J connectivity index is 2.11. The second-order valence-electron chi connectivity index (χ2n) is 7.15.